The van der Waals surface area contributed by atoms with Crippen LogP contribution >= 0.6 is 0 Å². The Morgan fingerprint density at radius 1 is 0.385 bits per heavy atom. The summed E-state index contributed by atoms with van der Waals surface area (Å²) in [5.41, 5.74) is 10.00. The first-order chi connectivity index (χ1) is 23.1. The molecule has 0 nitrogen and oxygen atoms in total. The molecule has 0 spiro atoms. The Labute approximate surface area is 335 Å². The van der Waals surface area contributed by atoms with Gasteiger partial charge in [-0.25, -0.2) is 0 Å². The van der Waals surface area contributed by atoms with Crippen LogP contribution in [0, 0.1) is 0 Å². The van der Waals surface area contributed by atoms with Gasteiger partial charge in [0.15, 0.2) is 0 Å². The van der Waals surface area contributed by atoms with Crippen molar-refractivity contribution in [1.82, 2.24) is 0 Å². The van der Waals surface area contributed by atoms with Gasteiger partial charge in [0.05, 0.1) is 0 Å². The minimum absolute atomic E-state index is 0.276. The van der Waals surface area contributed by atoms with E-state index < -0.39 is 38.5 Å². The average Bonchev–Trinajstić information content (AvgIpc) is 2.95. The van der Waals surface area contributed by atoms with Crippen molar-refractivity contribution in [3.05, 3.63) is 57.6 Å². The summed E-state index contributed by atoms with van der Waals surface area (Å²) in [6.07, 6.45) is 0. The Hall–Kier alpha value is -0.111. The van der Waals surface area contributed by atoms with Gasteiger partial charge in [-0.1, -0.05) is 0 Å². The van der Waals surface area contributed by atoms with Crippen molar-refractivity contribution < 1.29 is 0 Å². The molecule has 2 aromatic carbocycles. The van der Waals surface area contributed by atoms with Crippen LogP contribution in [0.2, 0.25) is 33.2 Å². The molecule has 296 valence electrons. The molecule has 0 aliphatic heterocycles. The predicted octanol–water partition coefficient (Wildman–Crippen LogP) is 15.1. The zero-order valence-corrected chi connectivity index (χ0v) is 45.6. The van der Waals surface area contributed by atoms with Gasteiger partial charge in [-0.15, -0.1) is 0 Å². The second-order valence-corrected chi connectivity index (χ2v) is 66.0. The Morgan fingerprint density at radius 3 is 0.712 bits per heavy atom. The van der Waals surface area contributed by atoms with Crippen LogP contribution in [0.3, 0.4) is 0 Å². The maximum absolute atomic E-state index is 2.99. The van der Waals surface area contributed by atoms with E-state index in [1.54, 1.807) is 33.4 Å². The first-order valence-electron chi connectivity index (χ1n) is 21.2. The van der Waals surface area contributed by atoms with Crippen molar-refractivity contribution in [3.63, 3.8) is 0 Å². The van der Waals surface area contributed by atoms with E-state index in [0.29, 0.717) is 35.5 Å². The Balaban J connectivity index is 4.09. The quantitative estimate of drug-likeness (QED) is 0.209. The molecule has 52 heavy (non-hydrogen) atoms. The fourth-order valence-electron chi connectivity index (χ4n) is 9.61. The number of hydrogen-bond donors (Lipinski definition) is 0. The molecule has 0 saturated heterocycles. The van der Waals surface area contributed by atoms with E-state index in [0.717, 1.165) is 0 Å². The van der Waals surface area contributed by atoms with Crippen LogP contribution in [0.1, 0.15) is 235 Å². The second kappa shape index (κ2) is 16.4. The summed E-state index contributed by atoms with van der Waals surface area (Å²) in [5, 5.41) is 1.10. The third kappa shape index (κ3) is 8.88. The van der Waals surface area contributed by atoms with Crippen LogP contribution in [0.15, 0.2) is 24.3 Å². The molecule has 0 atom stereocenters. The van der Waals surface area contributed by atoms with Gasteiger partial charge < -0.3 is 0 Å². The molecule has 0 amide bonds. The molecule has 4 heteroatoms. The van der Waals surface area contributed by atoms with Crippen LogP contribution in [0.25, 0.3) is 0 Å². The molecular weight excluding hydrogens is 779 g/mol. The summed E-state index contributed by atoms with van der Waals surface area (Å²) in [5.74, 6) is 3.05. The van der Waals surface area contributed by atoms with Crippen LogP contribution in [0.5, 0.6) is 0 Å². The molecule has 0 heterocycles. The zero-order valence-electron chi connectivity index (χ0n) is 39.8. The summed E-state index contributed by atoms with van der Waals surface area (Å²) in [6.45, 7) is 68.4. The van der Waals surface area contributed by atoms with E-state index in [1.165, 1.54) is 0 Å². The summed E-state index contributed by atoms with van der Waals surface area (Å²) in [7, 11) is -4.23. The fraction of sp³-hybridized carbons (Fsp3) is 0.750. The van der Waals surface area contributed by atoms with Gasteiger partial charge >= 0.3 is 338 Å². The topological polar surface area (TPSA) is 0 Å². The van der Waals surface area contributed by atoms with Gasteiger partial charge in [-0.05, 0) is 0 Å². The minimum atomic E-state index is -2.97. The molecule has 0 aliphatic carbocycles. The molecule has 0 bridgehead atoms. The van der Waals surface area contributed by atoms with Crippen LogP contribution < -0.4 is 7.16 Å². The molecule has 0 N–H and O–H groups in total. The van der Waals surface area contributed by atoms with Crippen molar-refractivity contribution in [3.8, 4) is 0 Å². The first kappa shape index (κ1) is 48.0. The van der Waals surface area contributed by atoms with E-state index in [1.807, 2.05) is 7.16 Å². The molecule has 0 radical (unpaired) electrons. The average molecular weight is 868 g/mol. The molecule has 0 fully saturated rings. The summed E-state index contributed by atoms with van der Waals surface area (Å²) in [6, 6.07) is 11.0. The van der Waals surface area contributed by atoms with Gasteiger partial charge in [0.2, 0.25) is 0 Å². The van der Waals surface area contributed by atoms with Crippen LogP contribution in [-0.4, -0.2) is 38.5 Å². The van der Waals surface area contributed by atoms with Gasteiger partial charge in [0.25, 0.3) is 0 Å². The van der Waals surface area contributed by atoms with Crippen molar-refractivity contribution in [2.75, 3.05) is 0 Å². The Kier molecular flexibility index (Phi) is 15.1. The molecule has 0 aromatic heterocycles. The van der Waals surface area contributed by atoms with E-state index in [9.17, 15) is 0 Å². The van der Waals surface area contributed by atoms with Crippen LogP contribution in [0.4, 0.5) is 0 Å². The van der Waals surface area contributed by atoms with Crippen LogP contribution in [-0.2, 0) is 0 Å². The maximum atomic E-state index is 2.99. The zero-order chi connectivity index (χ0) is 41.1. The third-order valence-electron chi connectivity index (χ3n) is 14.0. The second-order valence-electron chi connectivity index (χ2n) is 23.1. The van der Waals surface area contributed by atoms with E-state index >= 15 is 0 Å². The molecule has 0 aliphatic rings. The van der Waals surface area contributed by atoms with Crippen molar-refractivity contribution in [2.45, 2.75) is 235 Å². The molecule has 2 rings (SSSR count). The predicted molar refractivity (Wildman–Crippen MR) is 250 cm³/mol. The van der Waals surface area contributed by atoms with E-state index in [2.05, 4.69) is 204 Å². The monoisotopic (exact) mass is 869 g/mol. The van der Waals surface area contributed by atoms with Gasteiger partial charge in [0.1, 0.15) is 0 Å². The molecular formula is C48H88Si3Sn. The normalized spacial score (nSPS) is 14.2. The van der Waals surface area contributed by atoms with Crippen molar-refractivity contribution >= 4 is 45.6 Å². The molecule has 0 saturated carbocycles. The van der Waals surface area contributed by atoms with Gasteiger partial charge in [-0.2, -0.15) is 0 Å². The van der Waals surface area contributed by atoms with Gasteiger partial charge in [0, 0.05) is 0 Å². The molecule has 2 aromatic rings. The van der Waals surface area contributed by atoms with Crippen molar-refractivity contribution in [2.24, 2.45) is 0 Å². The summed E-state index contributed by atoms with van der Waals surface area (Å²) >= 11 is -2.97. The van der Waals surface area contributed by atoms with Gasteiger partial charge in [-0.3, -0.25) is 0 Å². The third-order valence-corrected chi connectivity index (χ3v) is 102. The van der Waals surface area contributed by atoms with Crippen molar-refractivity contribution in [1.29, 1.82) is 0 Å². The number of rotatable bonds is 10. The summed E-state index contributed by atoms with van der Waals surface area (Å²) in [4.78, 5) is -1.00. The van der Waals surface area contributed by atoms with E-state index in [-0.39, 0.29) is 20.2 Å². The summed E-state index contributed by atoms with van der Waals surface area (Å²) < 4.78 is 3.90. The fourth-order valence-corrected chi connectivity index (χ4v) is 148. The Morgan fingerprint density at radius 2 is 0.577 bits per heavy atom. The Bertz CT molecular complexity index is 1380. The molecule has 0 unspecified atom stereocenters. The first-order valence-corrected chi connectivity index (χ1v) is 36.9. The number of benzene rings is 2. The SMILES string of the molecule is CC(C)c1cc(C(C)C)[c]([Sn]([c]2c(C(C)C)cc(C(C)C)cc2C(C)C)=[Si]([Si](C)(C(C)(C)C)C(C)(C)C)[Si](C)(C(C)(C)C)C(C)(C)C)c(C(C)C)c1. The standard InChI is InChI=1S/C18H42Si3.2C15H23.Sn/c1-15(2,3)20(13,16(4,5)6)19-21(14,17(7,8)9)18(10,11)12;2*1-10(2)13-7-14(11(3)4)9-15(8-13)12(5)6;/h1-14H3;2*7-8,10-12H,1-6H3;. The van der Waals surface area contributed by atoms with E-state index in [4.69, 9.17) is 0 Å². The number of hydrogen-bond acceptors (Lipinski definition) is 0.